The van der Waals surface area contributed by atoms with E-state index in [1.807, 2.05) is 27.7 Å². The maximum atomic E-state index is 14.3. The number of anilines is 1. The summed E-state index contributed by atoms with van der Waals surface area (Å²) < 4.78 is 16.3. The summed E-state index contributed by atoms with van der Waals surface area (Å²) in [5.74, 6) is 0.597. The Balaban J connectivity index is 1.37. The van der Waals surface area contributed by atoms with Crippen LogP contribution in [0.3, 0.4) is 0 Å². The van der Waals surface area contributed by atoms with Crippen LogP contribution in [0.15, 0.2) is 53.7 Å². The number of rotatable bonds is 5. The van der Waals surface area contributed by atoms with E-state index in [1.54, 1.807) is 18.2 Å². The minimum Gasteiger partial charge on any atom is -0.311 e. The van der Waals surface area contributed by atoms with E-state index in [-0.39, 0.29) is 23.5 Å². The monoisotopic (exact) mass is 408 g/mol. The Morgan fingerprint density at radius 3 is 2.72 bits per heavy atom. The molecule has 0 spiro atoms. The second-order valence-electron chi connectivity index (χ2n) is 7.45. The van der Waals surface area contributed by atoms with Gasteiger partial charge in [0.05, 0.1) is 11.3 Å². The molecule has 0 radical (unpaired) electrons. The number of fused-ring (bicyclic) bond motifs is 1. The first kappa shape index (κ1) is 18.4. The Morgan fingerprint density at radius 2 is 1.90 bits per heavy atom. The Kier molecular flexibility index (Phi) is 4.83. The molecule has 1 aromatic heterocycles. The molecule has 29 heavy (non-hydrogen) atoms. The molecule has 1 fully saturated rings. The van der Waals surface area contributed by atoms with E-state index in [1.165, 1.54) is 23.4 Å². The first-order valence-corrected chi connectivity index (χ1v) is 10.9. The number of hydrogen-bond acceptors (Lipinski definition) is 4. The number of benzene rings is 2. The number of aromatic nitrogens is 3. The van der Waals surface area contributed by atoms with Crippen LogP contribution in [-0.4, -0.2) is 33.0 Å². The molecule has 5 nitrogen and oxygen atoms in total. The molecule has 1 saturated carbocycles. The minimum atomic E-state index is -0.306. The average molecular weight is 409 g/mol. The molecule has 1 aliphatic carbocycles. The van der Waals surface area contributed by atoms with E-state index < -0.39 is 0 Å². The van der Waals surface area contributed by atoms with Crippen LogP contribution in [0.25, 0.3) is 11.4 Å². The van der Waals surface area contributed by atoms with E-state index >= 15 is 0 Å². The quantitative estimate of drug-likeness (QED) is 0.584. The van der Waals surface area contributed by atoms with Crippen LogP contribution < -0.4 is 4.90 Å². The summed E-state index contributed by atoms with van der Waals surface area (Å²) in [6, 6.07) is 15.0. The number of para-hydroxylation sites is 1. The summed E-state index contributed by atoms with van der Waals surface area (Å²) >= 11 is 1.39. The summed E-state index contributed by atoms with van der Waals surface area (Å²) in [5.41, 5.74) is 2.69. The number of hydrogen-bond donors (Lipinski definition) is 0. The second-order valence-corrected chi connectivity index (χ2v) is 8.40. The van der Waals surface area contributed by atoms with Crippen molar-refractivity contribution in [2.75, 3.05) is 17.2 Å². The maximum absolute atomic E-state index is 14.3. The van der Waals surface area contributed by atoms with Crippen molar-refractivity contribution in [3.05, 3.63) is 59.9 Å². The predicted octanol–water partition coefficient (Wildman–Crippen LogP) is 4.49. The van der Waals surface area contributed by atoms with E-state index in [9.17, 15) is 9.18 Å². The zero-order valence-corrected chi connectivity index (χ0v) is 16.7. The fourth-order valence-corrected chi connectivity index (χ4v) is 4.74. The SMILES string of the molecule is O=C(CSc1nnc(-c2ccccc2F)n1C1CC1)N1CCCc2ccccc21. The lowest BCUT2D eigenvalue weighted by molar-refractivity contribution is -0.116. The number of carbonyl (C=O) groups is 1. The third-order valence-electron chi connectivity index (χ3n) is 5.43. The highest BCUT2D eigenvalue weighted by molar-refractivity contribution is 7.99. The van der Waals surface area contributed by atoms with Gasteiger partial charge in [0.15, 0.2) is 11.0 Å². The third kappa shape index (κ3) is 3.55. The molecule has 0 unspecified atom stereocenters. The van der Waals surface area contributed by atoms with Crippen molar-refractivity contribution in [3.63, 3.8) is 0 Å². The van der Waals surface area contributed by atoms with Crippen LogP contribution in [0.5, 0.6) is 0 Å². The second kappa shape index (κ2) is 7.63. The topological polar surface area (TPSA) is 51.0 Å². The Bertz CT molecular complexity index is 1060. The molecule has 0 saturated heterocycles. The predicted molar refractivity (Wildman–Crippen MR) is 112 cm³/mol. The van der Waals surface area contributed by atoms with Crippen LogP contribution in [0, 0.1) is 5.82 Å². The molecule has 148 valence electrons. The number of nitrogens with zero attached hydrogens (tertiary/aromatic N) is 4. The Morgan fingerprint density at radius 1 is 1.10 bits per heavy atom. The standard InChI is InChI=1S/C22H21FN4OS/c23-18-9-3-2-8-17(18)21-24-25-22(27(21)16-11-12-16)29-14-20(28)26-13-5-7-15-6-1-4-10-19(15)26/h1-4,6,8-10,16H,5,7,11-14H2. The lowest BCUT2D eigenvalue weighted by Gasteiger charge is -2.29. The van der Waals surface area contributed by atoms with Gasteiger partial charge in [0, 0.05) is 18.3 Å². The van der Waals surface area contributed by atoms with Crippen molar-refractivity contribution in [2.24, 2.45) is 0 Å². The first-order chi connectivity index (χ1) is 14.2. The van der Waals surface area contributed by atoms with E-state index in [4.69, 9.17) is 0 Å². The number of aryl methyl sites for hydroxylation is 1. The minimum absolute atomic E-state index is 0.0694. The molecule has 0 bridgehead atoms. The van der Waals surface area contributed by atoms with Crippen LogP contribution in [0.2, 0.25) is 0 Å². The van der Waals surface area contributed by atoms with Gasteiger partial charge in [-0.2, -0.15) is 0 Å². The maximum Gasteiger partial charge on any atom is 0.237 e. The highest BCUT2D eigenvalue weighted by Crippen LogP contribution is 2.41. The normalized spacial score (nSPS) is 16.0. The summed E-state index contributed by atoms with van der Waals surface area (Å²) in [7, 11) is 0. The molecular formula is C22H21FN4OS. The summed E-state index contributed by atoms with van der Waals surface area (Å²) in [6.07, 6.45) is 4.04. The van der Waals surface area contributed by atoms with Crippen LogP contribution >= 0.6 is 11.8 Å². The van der Waals surface area contributed by atoms with Crippen LogP contribution in [0.1, 0.15) is 30.9 Å². The zero-order chi connectivity index (χ0) is 19.8. The van der Waals surface area contributed by atoms with Gasteiger partial charge in [-0.3, -0.25) is 9.36 Å². The molecule has 2 aromatic carbocycles. The van der Waals surface area contributed by atoms with Gasteiger partial charge in [-0.05, 0) is 49.4 Å². The van der Waals surface area contributed by atoms with Gasteiger partial charge < -0.3 is 4.90 Å². The number of thioether (sulfide) groups is 1. The van der Waals surface area contributed by atoms with Crippen molar-refractivity contribution in [1.82, 2.24) is 14.8 Å². The molecule has 0 atom stereocenters. The molecular weight excluding hydrogens is 387 g/mol. The highest BCUT2D eigenvalue weighted by Gasteiger charge is 2.31. The van der Waals surface area contributed by atoms with Gasteiger partial charge >= 0.3 is 0 Å². The molecule has 1 amide bonds. The lowest BCUT2D eigenvalue weighted by atomic mass is 10.0. The molecule has 1 aliphatic heterocycles. The Hall–Kier alpha value is -2.67. The van der Waals surface area contributed by atoms with Gasteiger partial charge in [-0.25, -0.2) is 4.39 Å². The summed E-state index contributed by atoms with van der Waals surface area (Å²) in [5, 5.41) is 9.24. The van der Waals surface area contributed by atoms with Crippen LogP contribution in [0.4, 0.5) is 10.1 Å². The highest BCUT2D eigenvalue weighted by atomic mass is 32.2. The van der Waals surface area contributed by atoms with Crippen molar-refractivity contribution < 1.29 is 9.18 Å². The first-order valence-electron chi connectivity index (χ1n) is 9.93. The van der Waals surface area contributed by atoms with Gasteiger partial charge in [0.25, 0.3) is 0 Å². The lowest BCUT2D eigenvalue weighted by Crippen LogP contribution is -2.36. The third-order valence-corrected chi connectivity index (χ3v) is 6.36. The van der Waals surface area contributed by atoms with E-state index in [0.29, 0.717) is 16.5 Å². The van der Waals surface area contributed by atoms with Crippen molar-refractivity contribution >= 4 is 23.4 Å². The smallest absolute Gasteiger partial charge is 0.237 e. The largest absolute Gasteiger partial charge is 0.311 e. The van der Waals surface area contributed by atoms with E-state index in [0.717, 1.165) is 37.9 Å². The van der Waals surface area contributed by atoms with Crippen molar-refractivity contribution in [3.8, 4) is 11.4 Å². The molecule has 2 aliphatic rings. The van der Waals surface area contributed by atoms with Gasteiger partial charge in [-0.1, -0.05) is 42.1 Å². The van der Waals surface area contributed by atoms with Crippen LogP contribution in [-0.2, 0) is 11.2 Å². The summed E-state index contributed by atoms with van der Waals surface area (Å²) in [6.45, 7) is 0.742. The number of carbonyl (C=O) groups excluding carboxylic acids is 1. The molecule has 7 heteroatoms. The van der Waals surface area contributed by atoms with Crippen molar-refractivity contribution in [1.29, 1.82) is 0 Å². The average Bonchev–Trinajstić information content (AvgIpc) is 3.51. The zero-order valence-electron chi connectivity index (χ0n) is 15.9. The van der Waals surface area contributed by atoms with Gasteiger partial charge in [0.1, 0.15) is 5.82 Å². The Labute approximate surface area is 172 Å². The molecule has 5 rings (SSSR count). The fraction of sp³-hybridized carbons (Fsp3) is 0.318. The number of amides is 1. The summed E-state index contributed by atoms with van der Waals surface area (Å²) in [4.78, 5) is 14.8. The van der Waals surface area contributed by atoms with E-state index in [2.05, 4.69) is 16.3 Å². The molecule has 0 N–H and O–H groups in total. The van der Waals surface area contributed by atoms with Gasteiger partial charge in [-0.15, -0.1) is 10.2 Å². The van der Waals surface area contributed by atoms with Crippen molar-refractivity contribution in [2.45, 2.75) is 36.9 Å². The van der Waals surface area contributed by atoms with Gasteiger partial charge in [0.2, 0.25) is 5.91 Å². The molecule has 3 aromatic rings. The fourth-order valence-electron chi connectivity index (χ4n) is 3.86. The number of halogens is 1. The molecule has 2 heterocycles.